The minimum Gasteiger partial charge on any atom is -0.370 e. The highest BCUT2D eigenvalue weighted by atomic mass is 32.2. The number of hydrogen-bond donors (Lipinski definition) is 1. The van der Waals surface area contributed by atoms with Crippen LogP contribution < -0.4 is 4.90 Å². The maximum Gasteiger partial charge on any atom is 0.191 e. The first kappa shape index (κ1) is 17.2. The fourth-order valence-corrected chi connectivity index (χ4v) is 5.97. The first-order valence-electron chi connectivity index (χ1n) is 8.16. The summed E-state index contributed by atoms with van der Waals surface area (Å²) >= 11 is 1.73. The molecule has 0 unspecified atom stereocenters. The molecule has 1 aromatic heterocycles. The van der Waals surface area contributed by atoms with Crippen molar-refractivity contribution in [2.75, 3.05) is 50.1 Å². The molecular weight excluding hydrogens is 336 g/mol. The Morgan fingerprint density at radius 1 is 1.35 bits per heavy atom. The van der Waals surface area contributed by atoms with Crippen molar-refractivity contribution in [2.45, 2.75) is 18.0 Å². The molecular formula is C14H25N4O3S2+. The van der Waals surface area contributed by atoms with E-state index in [-0.39, 0.29) is 5.92 Å². The highest BCUT2D eigenvalue weighted by molar-refractivity contribution is 7.99. The van der Waals surface area contributed by atoms with Crippen LogP contribution in [0.15, 0.2) is 5.16 Å². The first-order valence-corrected chi connectivity index (χ1v) is 11.0. The van der Waals surface area contributed by atoms with Gasteiger partial charge in [0.25, 0.3) is 0 Å². The quantitative estimate of drug-likeness (QED) is 0.642. The predicted molar refractivity (Wildman–Crippen MR) is 88.6 cm³/mol. The summed E-state index contributed by atoms with van der Waals surface area (Å²) in [5.74, 6) is 2.72. The molecule has 2 saturated heterocycles. The lowest BCUT2D eigenvalue weighted by Gasteiger charge is -2.23. The number of ether oxygens (including phenoxy) is 1. The number of aromatic nitrogens is 3. The molecule has 130 valence electrons. The Balaban J connectivity index is 1.48. The van der Waals surface area contributed by atoms with Gasteiger partial charge in [0.15, 0.2) is 15.0 Å². The second-order valence-electron chi connectivity index (χ2n) is 6.39. The van der Waals surface area contributed by atoms with E-state index in [1.807, 2.05) is 11.6 Å². The third kappa shape index (κ3) is 4.68. The normalized spacial score (nSPS) is 25.0. The van der Waals surface area contributed by atoms with E-state index in [0.29, 0.717) is 17.9 Å². The summed E-state index contributed by atoms with van der Waals surface area (Å²) in [7, 11) is -0.849. The number of nitrogens with one attached hydrogen (secondary N) is 1. The largest absolute Gasteiger partial charge is 0.370 e. The van der Waals surface area contributed by atoms with Gasteiger partial charge in [0.2, 0.25) is 0 Å². The number of morpholine rings is 1. The van der Waals surface area contributed by atoms with Crippen molar-refractivity contribution >= 4 is 21.6 Å². The van der Waals surface area contributed by atoms with Gasteiger partial charge in [0.05, 0.1) is 37.0 Å². The summed E-state index contributed by atoms with van der Waals surface area (Å²) in [4.78, 5) is 1.59. The minimum absolute atomic E-state index is 0.193. The third-order valence-electron chi connectivity index (χ3n) is 4.61. The Morgan fingerprint density at radius 3 is 2.83 bits per heavy atom. The average Bonchev–Trinajstić information content (AvgIpc) is 3.05. The maximum atomic E-state index is 11.6. The Hall–Kier alpha value is -0.640. The van der Waals surface area contributed by atoms with Gasteiger partial charge < -0.3 is 14.2 Å². The van der Waals surface area contributed by atoms with Crippen molar-refractivity contribution in [2.24, 2.45) is 13.0 Å². The van der Waals surface area contributed by atoms with Gasteiger partial charge in [-0.05, 0) is 12.3 Å². The van der Waals surface area contributed by atoms with Crippen LogP contribution in [0.5, 0.6) is 0 Å². The van der Waals surface area contributed by atoms with Crippen molar-refractivity contribution in [3.8, 4) is 0 Å². The van der Waals surface area contributed by atoms with Crippen molar-refractivity contribution in [3.05, 3.63) is 5.82 Å². The van der Waals surface area contributed by atoms with E-state index in [2.05, 4.69) is 10.2 Å². The number of sulfone groups is 1. The van der Waals surface area contributed by atoms with Gasteiger partial charge in [-0.1, -0.05) is 11.8 Å². The van der Waals surface area contributed by atoms with Crippen LogP contribution in [0.4, 0.5) is 0 Å². The van der Waals surface area contributed by atoms with Gasteiger partial charge in [-0.15, -0.1) is 10.2 Å². The molecule has 3 rings (SSSR count). The molecule has 0 aromatic carbocycles. The summed E-state index contributed by atoms with van der Waals surface area (Å²) in [6, 6.07) is 0. The van der Waals surface area contributed by atoms with Crippen LogP contribution in [0.1, 0.15) is 12.2 Å². The SMILES string of the molecule is Cn1c(C[C@H]2CCS(=O)(=O)C2)nnc1SCC[NH+]1CCOCC1. The van der Waals surface area contributed by atoms with Gasteiger partial charge in [-0.3, -0.25) is 0 Å². The number of quaternary nitrogens is 1. The number of nitrogens with zero attached hydrogens (tertiary/aromatic N) is 3. The minimum atomic E-state index is -2.82. The molecule has 0 saturated carbocycles. The molecule has 23 heavy (non-hydrogen) atoms. The number of thioether (sulfide) groups is 1. The Kier molecular flexibility index (Phi) is 5.61. The molecule has 9 heteroatoms. The van der Waals surface area contributed by atoms with Crippen LogP contribution in [0.3, 0.4) is 0 Å². The van der Waals surface area contributed by atoms with Crippen LogP contribution in [0, 0.1) is 5.92 Å². The zero-order valence-corrected chi connectivity index (χ0v) is 15.2. The maximum absolute atomic E-state index is 11.6. The third-order valence-corrected chi connectivity index (χ3v) is 7.47. The summed E-state index contributed by atoms with van der Waals surface area (Å²) in [6.45, 7) is 5.00. The summed E-state index contributed by atoms with van der Waals surface area (Å²) in [5.41, 5.74) is 0. The zero-order valence-electron chi connectivity index (χ0n) is 13.5. The van der Waals surface area contributed by atoms with Crippen LogP contribution in [-0.4, -0.2) is 73.3 Å². The summed E-state index contributed by atoms with van der Waals surface area (Å²) in [5, 5.41) is 9.46. The monoisotopic (exact) mass is 361 g/mol. The van der Waals surface area contributed by atoms with E-state index < -0.39 is 9.84 Å². The van der Waals surface area contributed by atoms with Crippen molar-refractivity contribution in [1.29, 1.82) is 0 Å². The molecule has 2 aliphatic rings. The topological polar surface area (TPSA) is 78.5 Å². The van der Waals surface area contributed by atoms with Crippen LogP contribution in [0.2, 0.25) is 0 Å². The molecule has 7 nitrogen and oxygen atoms in total. The molecule has 1 aromatic rings. The lowest BCUT2D eigenvalue weighted by Crippen LogP contribution is -3.14. The Bertz CT molecular complexity index is 626. The van der Waals surface area contributed by atoms with Crippen molar-refractivity contribution in [1.82, 2.24) is 14.8 Å². The summed E-state index contributed by atoms with van der Waals surface area (Å²) < 4.78 is 30.5. The van der Waals surface area contributed by atoms with E-state index in [0.717, 1.165) is 56.0 Å². The molecule has 2 aliphatic heterocycles. The van der Waals surface area contributed by atoms with Crippen molar-refractivity contribution in [3.63, 3.8) is 0 Å². The van der Waals surface area contributed by atoms with E-state index in [9.17, 15) is 8.42 Å². The highest BCUT2D eigenvalue weighted by Crippen LogP contribution is 2.23. The number of hydrogen-bond acceptors (Lipinski definition) is 6. The molecule has 0 spiro atoms. The highest BCUT2D eigenvalue weighted by Gasteiger charge is 2.29. The van der Waals surface area contributed by atoms with Crippen molar-refractivity contribution < 1.29 is 18.1 Å². The smallest absolute Gasteiger partial charge is 0.191 e. The molecule has 0 bridgehead atoms. The van der Waals surface area contributed by atoms with E-state index >= 15 is 0 Å². The zero-order chi connectivity index (χ0) is 16.3. The van der Waals surface area contributed by atoms with E-state index in [4.69, 9.17) is 4.74 Å². The van der Waals surface area contributed by atoms with Gasteiger partial charge in [0.1, 0.15) is 18.9 Å². The molecule has 3 heterocycles. The van der Waals surface area contributed by atoms with Crippen LogP contribution in [0.25, 0.3) is 0 Å². The fraction of sp³-hybridized carbons (Fsp3) is 0.857. The molecule has 0 amide bonds. The Labute approximate surface area is 141 Å². The van der Waals surface area contributed by atoms with Gasteiger partial charge in [-0.2, -0.15) is 0 Å². The van der Waals surface area contributed by atoms with E-state index in [1.165, 1.54) is 0 Å². The van der Waals surface area contributed by atoms with Gasteiger partial charge in [-0.25, -0.2) is 8.42 Å². The molecule has 2 fully saturated rings. The second kappa shape index (κ2) is 7.50. The summed E-state index contributed by atoms with van der Waals surface area (Å²) in [6.07, 6.45) is 1.45. The molecule has 0 radical (unpaired) electrons. The lowest BCUT2D eigenvalue weighted by molar-refractivity contribution is -0.905. The number of rotatable bonds is 6. The lowest BCUT2D eigenvalue weighted by atomic mass is 10.1. The Morgan fingerprint density at radius 2 is 2.13 bits per heavy atom. The van der Waals surface area contributed by atoms with E-state index in [1.54, 1.807) is 16.7 Å². The predicted octanol–water partition coefficient (Wildman–Crippen LogP) is -1.20. The van der Waals surface area contributed by atoms with Crippen LogP contribution >= 0.6 is 11.8 Å². The molecule has 1 N–H and O–H groups in total. The first-order chi connectivity index (χ1) is 11.0. The molecule has 0 aliphatic carbocycles. The van der Waals surface area contributed by atoms with Crippen LogP contribution in [-0.2, 0) is 28.0 Å². The van der Waals surface area contributed by atoms with Gasteiger partial charge >= 0.3 is 0 Å². The molecule has 1 atom stereocenters. The fourth-order valence-electron chi connectivity index (χ4n) is 3.14. The average molecular weight is 362 g/mol. The standard InChI is InChI=1S/C14H24N4O3S2/c1-17-13(10-12-2-9-23(19,20)11-12)15-16-14(17)22-8-5-18-3-6-21-7-4-18/h12H,2-11H2,1H3/p+1/t12-/m1/s1. The second-order valence-corrected chi connectivity index (χ2v) is 9.68. The van der Waals surface area contributed by atoms with Gasteiger partial charge in [0, 0.05) is 13.5 Å².